The summed E-state index contributed by atoms with van der Waals surface area (Å²) in [6, 6.07) is 8.20. The number of hydrogen-bond acceptors (Lipinski definition) is 2. The molecule has 0 unspecified atom stereocenters. The molecule has 0 fully saturated rings. The van der Waals surface area contributed by atoms with E-state index in [-0.39, 0.29) is 0 Å². The number of anilines is 1. The molecule has 0 saturated carbocycles. The van der Waals surface area contributed by atoms with E-state index in [0.29, 0.717) is 11.3 Å². The lowest BCUT2D eigenvalue weighted by molar-refractivity contribution is -0.119. The Morgan fingerprint density at radius 1 is 1.35 bits per heavy atom. The summed E-state index contributed by atoms with van der Waals surface area (Å²) in [6.45, 7) is 4.10. The van der Waals surface area contributed by atoms with Crippen molar-refractivity contribution in [1.82, 2.24) is 0 Å². The molecule has 0 bridgehead atoms. The lowest BCUT2D eigenvalue weighted by Gasteiger charge is -2.20. The van der Waals surface area contributed by atoms with Crippen LogP contribution in [0, 0.1) is 0 Å². The van der Waals surface area contributed by atoms with E-state index in [2.05, 4.69) is 11.7 Å². The van der Waals surface area contributed by atoms with Crippen LogP contribution in [0.1, 0.15) is 6.92 Å². The molecule has 0 atom stereocenters. The molecule has 0 spiro atoms. The van der Waals surface area contributed by atoms with Crippen LogP contribution in [0.5, 0.6) is 0 Å². The van der Waals surface area contributed by atoms with Crippen molar-refractivity contribution >= 4 is 11.9 Å². The first kappa shape index (κ1) is 13.3. The minimum atomic E-state index is -4.30. The molecule has 0 aromatic heterocycles. The number of alkyl halides is 3. The standard InChI is InChI=1S/C12H13F3N2/c1-10(2)8-16-17(9-12(13,14)15)11-6-4-3-5-7-11/h3-8H,1,9H2,2H3/b16-8-. The van der Waals surface area contributed by atoms with Crippen LogP contribution in [0.4, 0.5) is 18.9 Å². The fraction of sp³-hybridized carbons (Fsp3) is 0.250. The average molecular weight is 242 g/mol. The molecule has 0 aliphatic rings. The van der Waals surface area contributed by atoms with E-state index in [0.717, 1.165) is 5.01 Å². The SMILES string of the molecule is C=C(C)/C=N\N(CC(F)(F)F)c1ccccc1. The van der Waals surface area contributed by atoms with E-state index in [1.807, 2.05) is 0 Å². The quantitative estimate of drug-likeness (QED) is 0.581. The molecule has 17 heavy (non-hydrogen) atoms. The molecular formula is C12H13F3N2. The summed E-state index contributed by atoms with van der Waals surface area (Å²) in [5, 5.41) is 4.67. The summed E-state index contributed by atoms with van der Waals surface area (Å²) in [4.78, 5) is 0. The van der Waals surface area contributed by atoms with Gasteiger partial charge < -0.3 is 0 Å². The van der Waals surface area contributed by atoms with Crippen molar-refractivity contribution in [3.05, 3.63) is 42.5 Å². The molecule has 1 rings (SSSR count). The van der Waals surface area contributed by atoms with Gasteiger partial charge in [-0.2, -0.15) is 18.3 Å². The lowest BCUT2D eigenvalue weighted by atomic mass is 10.3. The van der Waals surface area contributed by atoms with Gasteiger partial charge in [0.15, 0.2) is 0 Å². The number of allylic oxidation sites excluding steroid dienone is 1. The van der Waals surface area contributed by atoms with E-state index >= 15 is 0 Å². The van der Waals surface area contributed by atoms with Crippen LogP contribution >= 0.6 is 0 Å². The Hall–Kier alpha value is -1.78. The largest absolute Gasteiger partial charge is 0.408 e. The number of hydrogen-bond donors (Lipinski definition) is 0. The van der Waals surface area contributed by atoms with Gasteiger partial charge >= 0.3 is 6.18 Å². The normalized spacial score (nSPS) is 11.8. The second-order valence-electron chi connectivity index (χ2n) is 3.60. The van der Waals surface area contributed by atoms with Crippen LogP contribution in [0.2, 0.25) is 0 Å². The topological polar surface area (TPSA) is 15.6 Å². The molecule has 0 saturated heterocycles. The smallest absolute Gasteiger partial charge is 0.256 e. The van der Waals surface area contributed by atoms with Gasteiger partial charge in [-0.3, -0.25) is 5.01 Å². The van der Waals surface area contributed by atoms with Crippen molar-refractivity contribution in [2.24, 2.45) is 5.10 Å². The van der Waals surface area contributed by atoms with E-state index in [9.17, 15) is 13.2 Å². The Balaban J connectivity index is 2.91. The zero-order chi connectivity index (χ0) is 12.9. The van der Waals surface area contributed by atoms with Gasteiger partial charge in [0.2, 0.25) is 0 Å². The Labute approximate surface area is 98.1 Å². The van der Waals surface area contributed by atoms with Crippen molar-refractivity contribution in [2.75, 3.05) is 11.6 Å². The van der Waals surface area contributed by atoms with Gasteiger partial charge in [-0.05, 0) is 24.6 Å². The van der Waals surface area contributed by atoms with Gasteiger partial charge in [0.05, 0.1) is 5.69 Å². The Morgan fingerprint density at radius 3 is 2.41 bits per heavy atom. The van der Waals surface area contributed by atoms with Crippen LogP contribution in [-0.2, 0) is 0 Å². The zero-order valence-electron chi connectivity index (χ0n) is 9.41. The molecule has 0 aliphatic heterocycles. The van der Waals surface area contributed by atoms with E-state index < -0.39 is 12.7 Å². The van der Waals surface area contributed by atoms with Gasteiger partial charge in [-0.15, -0.1) is 0 Å². The van der Waals surface area contributed by atoms with Crippen molar-refractivity contribution < 1.29 is 13.2 Å². The van der Waals surface area contributed by atoms with Gasteiger partial charge in [0, 0.05) is 6.21 Å². The van der Waals surface area contributed by atoms with Crippen LogP contribution in [-0.4, -0.2) is 18.9 Å². The Bertz CT molecular complexity index is 396. The predicted molar refractivity (Wildman–Crippen MR) is 63.1 cm³/mol. The average Bonchev–Trinajstić information content (AvgIpc) is 2.24. The molecule has 92 valence electrons. The highest BCUT2D eigenvalue weighted by Crippen LogP contribution is 2.22. The zero-order valence-corrected chi connectivity index (χ0v) is 9.41. The van der Waals surface area contributed by atoms with Gasteiger partial charge in [-0.1, -0.05) is 24.8 Å². The minimum Gasteiger partial charge on any atom is -0.256 e. The molecular weight excluding hydrogens is 229 g/mol. The van der Waals surface area contributed by atoms with Crippen LogP contribution in [0.25, 0.3) is 0 Å². The summed E-state index contributed by atoms with van der Waals surface area (Å²) in [6.07, 6.45) is -3.00. The molecule has 0 radical (unpaired) electrons. The summed E-state index contributed by atoms with van der Waals surface area (Å²) in [7, 11) is 0. The van der Waals surface area contributed by atoms with Crippen molar-refractivity contribution in [2.45, 2.75) is 13.1 Å². The van der Waals surface area contributed by atoms with Crippen molar-refractivity contribution in [3.8, 4) is 0 Å². The van der Waals surface area contributed by atoms with Gasteiger partial charge in [0.25, 0.3) is 0 Å². The predicted octanol–water partition coefficient (Wildman–Crippen LogP) is 3.62. The third kappa shape index (κ3) is 5.19. The Kier molecular flexibility index (Phi) is 4.31. The first-order valence-electron chi connectivity index (χ1n) is 4.97. The summed E-state index contributed by atoms with van der Waals surface area (Å²) in [5.74, 6) is 0. The molecule has 1 aromatic carbocycles. The molecule has 5 heteroatoms. The maximum atomic E-state index is 12.4. The van der Waals surface area contributed by atoms with Gasteiger partial charge in [0.1, 0.15) is 6.54 Å². The number of rotatable bonds is 4. The van der Waals surface area contributed by atoms with Crippen LogP contribution < -0.4 is 5.01 Å². The second-order valence-corrected chi connectivity index (χ2v) is 3.60. The van der Waals surface area contributed by atoms with Crippen LogP contribution in [0.15, 0.2) is 47.6 Å². The fourth-order valence-corrected chi connectivity index (χ4v) is 1.14. The second kappa shape index (κ2) is 5.52. The third-order valence-corrected chi connectivity index (χ3v) is 1.80. The first-order chi connectivity index (χ1) is 7.88. The number of para-hydroxylation sites is 1. The molecule has 0 N–H and O–H groups in total. The maximum Gasteiger partial charge on any atom is 0.408 e. The summed E-state index contributed by atoms with van der Waals surface area (Å²) < 4.78 is 37.1. The highest BCUT2D eigenvalue weighted by Gasteiger charge is 2.31. The van der Waals surface area contributed by atoms with Crippen LogP contribution in [0.3, 0.4) is 0 Å². The summed E-state index contributed by atoms with van der Waals surface area (Å²) >= 11 is 0. The van der Waals surface area contributed by atoms with Gasteiger partial charge in [-0.25, -0.2) is 0 Å². The number of halogens is 3. The fourth-order valence-electron chi connectivity index (χ4n) is 1.14. The van der Waals surface area contributed by atoms with E-state index in [1.54, 1.807) is 37.3 Å². The van der Waals surface area contributed by atoms with Crippen molar-refractivity contribution in [1.29, 1.82) is 0 Å². The molecule has 0 heterocycles. The number of nitrogens with zero attached hydrogens (tertiary/aromatic N) is 2. The summed E-state index contributed by atoms with van der Waals surface area (Å²) in [5.41, 5.74) is 0.982. The number of hydrazone groups is 1. The molecule has 2 nitrogen and oxygen atoms in total. The molecule has 0 aliphatic carbocycles. The molecule has 0 amide bonds. The third-order valence-electron chi connectivity index (χ3n) is 1.80. The van der Waals surface area contributed by atoms with Crippen molar-refractivity contribution in [3.63, 3.8) is 0 Å². The maximum absolute atomic E-state index is 12.4. The lowest BCUT2D eigenvalue weighted by Crippen LogP contribution is -2.30. The molecule has 1 aromatic rings. The first-order valence-corrected chi connectivity index (χ1v) is 4.97. The number of benzene rings is 1. The van der Waals surface area contributed by atoms with E-state index in [4.69, 9.17) is 0 Å². The monoisotopic (exact) mass is 242 g/mol. The minimum absolute atomic E-state index is 0.391. The highest BCUT2D eigenvalue weighted by atomic mass is 19.4. The highest BCUT2D eigenvalue weighted by molar-refractivity contribution is 5.77. The van der Waals surface area contributed by atoms with E-state index in [1.165, 1.54) is 6.21 Å². The Morgan fingerprint density at radius 2 is 1.94 bits per heavy atom.